The maximum absolute atomic E-state index is 5.28. The van der Waals surface area contributed by atoms with Gasteiger partial charge in [0.2, 0.25) is 0 Å². The Morgan fingerprint density at radius 2 is 0.691 bits per heavy atom. The highest BCUT2D eigenvalue weighted by Crippen LogP contribution is 2.64. The highest BCUT2D eigenvalue weighted by molar-refractivity contribution is 6.16. The first-order valence-corrected chi connectivity index (χ1v) is 23.5. The summed E-state index contributed by atoms with van der Waals surface area (Å²) in [5.41, 5.74) is 19.5. The van der Waals surface area contributed by atoms with Gasteiger partial charge in [-0.25, -0.2) is 9.98 Å². The summed E-state index contributed by atoms with van der Waals surface area (Å²) in [6, 6.07) is 95.3. The molecule has 1 aliphatic heterocycles. The summed E-state index contributed by atoms with van der Waals surface area (Å²) in [5.74, 6) is 1.60. The van der Waals surface area contributed by atoms with E-state index in [0.717, 1.165) is 39.5 Å². The highest BCUT2D eigenvalue weighted by Gasteiger charge is 2.56. The van der Waals surface area contributed by atoms with E-state index in [1.54, 1.807) is 0 Å². The predicted octanol–water partition coefficient (Wildman–Crippen LogP) is 14.6. The van der Waals surface area contributed by atoms with Crippen molar-refractivity contribution in [2.24, 2.45) is 9.98 Å². The number of fused-ring (bicyclic) bond motifs is 9. The second-order valence-electron chi connectivity index (χ2n) is 18.0. The Bertz CT molecular complexity index is 3490. The summed E-state index contributed by atoms with van der Waals surface area (Å²) >= 11 is 0. The van der Waals surface area contributed by atoms with Crippen LogP contribution in [0.15, 0.2) is 271 Å². The Kier molecular flexibility index (Phi) is 9.36. The van der Waals surface area contributed by atoms with Crippen molar-refractivity contribution in [1.29, 1.82) is 0 Å². The van der Waals surface area contributed by atoms with Gasteiger partial charge in [-0.2, -0.15) is 0 Å². The standard InChI is InChI=1S/C65H45N3/c1-5-20-44(21-6-1)48-24-19-25-50(42-48)63-67-61(46-22-7-2-8-23-46)66-62(68-63)47-38-36-45(37-39-47)49-40-41-54-53-30-13-14-31-55(53)65(60(54)43-49)58-34-17-15-32-56(58)64(51-26-9-3-10-27-51,52-28-11-4-12-29-52)57-33-16-18-35-59(57)65/h1-43,62H,(H,66,67,68). The van der Waals surface area contributed by atoms with E-state index in [1.807, 2.05) is 6.07 Å². The van der Waals surface area contributed by atoms with Crippen LogP contribution in [0.5, 0.6) is 0 Å². The Hall–Kier alpha value is -8.66. The normalized spacial score (nSPS) is 15.7. The minimum atomic E-state index is -0.567. The molecule has 0 amide bonds. The van der Waals surface area contributed by atoms with Crippen LogP contribution < -0.4 is 5.32 Å². The van der Waals surface area contributed by atoms with Crippen LogP contribution in [0.4, 0.5) is 0 Å². The molecule has 10 aromatic rings. The first-order valence-electron chi connectivity index (χ1n) is 23.5. The van der Waals surface area contributed by atoms with Gasteiger partial charge in [0.05, 0.1) is 10.8 Å². The van der Waals surface area contributed by atoms with E-state index in [4.69, 9.17) is 9.98 Å². The summed E-state index contributed by atoms with van der Waals surface area (Å²) in [7, 11) is 0. The van der Waals surface area contributed by atoms with Crippen molar-refractivity contribution >= 4 is 11.7 Å². The molecular formula is C65H45N3. The highest BCUT2D eigenvalue weighted by atomic mass is 15.2. The summed E-state index contributed by atoms with van der Waals surface area (Å²) < 4.78 is 0. The first-order chi connectivity index (χ1) is 33.7. The molecule has 0 fully saturated rings. The molecule has 3 nitrogen and oxygen atoms in total. The van der Waals surface area contributed by atoms with Crippen LogP contribution in [0.1, 0.15) is 67.4 Å². The molecule has 1 spiro atoms. The van der Waals surface area contributed by atoms with Crippen molar-refractivity contribution in [2.45, 2.75) is 17.0 Å². The molecule has 320 valence electrons. The van der Waals surface area contributed by atoms with Crippen LogP contribution >= 0.6 is 0 Å². The third kappa shape index (κ3) is 6.06. The van der Waals surface area contributed by atoms with Crippen molar-refractivity contribution < 1.29 is 0 Å². The molecule has 1 unspecified atom stereocenters. The molecule has 13 rings (SSSR count). The van der Waals surface area contributed by atoms with Crippen LogP contribution in [0, 0.1) is 0 Å². The molecule has 1 atom stereocenters. The molecule has 3 heteroatoms. The molecule has 0 aromatic heterocycles. The van der Waals surface area contributed by atoms with Crippen LogP contribution in [-0.2, 0) is 10.8 Å². The number of rotatable bonds is 7. The number of amidine groups is 2. The molecule has 2 aliphatic carbocycles. The van der Waals surface area contributed by atoms with E-state index in [2.05, 4.69) is 260 Å². The molecule has 1 N–H and O–H groups in total. The number of nitrogens with one attached hydrogen (secondary N) is 1. The fraction of sp³-hybridized carbons (Fsp3) is 0.0462. The van der Waals surface area contributed by atoms with Gasteiger partial charge < -0.3 is 5.32 Å². The average molecular weight is 868 g/mol. The zero-order chi connectivity index (χ0) is 45.1. The quantitative estimate of drug-likeness (QED) is 0.170. The summed E-state index contributed by atoms with van der Waals surface area (Å²) in [6.45, 7) is 0. The molecule has 0 saturated carbocycles. The maximum Gasteiger partial charge on any atom is 0.169 e. The van der Waals surface area contributed by atoms with Crippen LogP contribution in [0.25, 0.3) is 33.4 Å². The van der Waals surface area contributed by atoms with E-state index in [-0.39, 0.29) is 0 Å². The van der Waals surface area contributed by atoms with Crippen LogP contribution in [0.3, 0.4) is 0 Å². The number of nitrogens with zero attached hydrogens (tertiary/aromatic N) is 2. The number of aliphatic imine (C=N–C) groups is 2. The topological polar surface area (TPSA) is 36.8 Å². The molecular weight excluding hydrogens is 823 g/mol. The SMILES string of the molecule is c1ccc(C2=NC(c3ccc(-c4ccc5c(c4)C4(c6ccccc6-5)c5ccccc5C(c5ccccc5)(c5ccccc5)c5ccccc54)cc3)N=C(c3cccc(-c4ccccc4)c3)N2)cc1. The molecule has 10 aromatic carbocycles. The monoisotopic (exact) mass is 867 g/mol. The molecule has 68 heavy (non-hydrogen) atoms. The van der Waals surface area contributed by atoms with Crippen molar-refractivity contribution in [2.75, 3.05) is 0 Å². The average Bonchev–Trinajstić information content (AvgIpc) is 3.72. The molecule has 3 aliphatic rings. The van der Waals surface area contributed by atoms with E-state index < -0.39 is 17.0 Å². The third-order valence-corrected chi connectivity index (χ3v) is 14.5. The molecule has 1 heterocycles. The van der Waals surface area contributed by atoms with Gasteiger partial charge in [-0.3, -0.25) is 0 Å². The summed E-state index contributed by atoms with van der Waals surface area (Å²) in [5, 5.41) is 3.60. The largest absolute Gasteiger partial charge is 0.324 e. The number of hydrogen-bond donors (Lipinski definition) is 1. The Labute approximate surface area is 397 Å². The van der Waals surface area contributed by atoms with Gasteiger partial charge in [0.25, 0.3) is 0 Å². The number of benzene rings is 10. The maximum atomic E-state index is 5.28. The third-order valence-electron chi connectivity index (χ3n) is 14.5. The summed E-state index contributed by atoms with van der Waals surface area (Å²) in [6.07, 6.45) is -0.432. The van der Waals surface area contributed by atoms with Gasteiger partial charge in [-0.1, -0.05) is 249 Å². The Morgan fingerprint density at radius 1 is 0.279 bits per heavy atom. The predicted molar refractivity (Wildman–Crippen MR) is 278 cm³/mol. The van der Waals surface area contributed by atoms with E-state index in [0.29, 0.717) is 0 Å². The van der Waals surface area contributed by atoms with Gasteiger partial charge in [-0.15, -0.1) is 0 Å². The van der Waals surface area contributed by atoms with E-state index in [1.165, 1.54) is 66.8 Å². The minimum absolute atomic E-state index is 0.432. The second kappa shape index (κ2) is 16.0. The lowest BCUT2D eigenvalue weighted by Crippen LogP contribution is -2.44. The van der Waals surface area contributed by atoms with Crippen molar-refractivity contribution in [3.8, 4) is 33.4 Å². The molecule has 0 radical (unpaired) electrons. The van der Waals surface area contributed by atoms with E-state index >= 15 is 0 Å². The second-order valence-corrected chi connectivity index (χ2v) is 18.0. The van der Waals surface area contributed by atoms with Crippen LogP contribution in [0.2, 0.25) is 0 Å². The van der Waals surface area contributed by atoms with Gasteiger partial charge in [0.1, 0.15) is 11.7 Å². The first kappa shape index (κ1) is 39.7. The van der Waals surface area contributed by atoms with Crippen molar-refractivity contribution in [3.05, 3.63) is 322 Å². The van der Waals surface area contributed by atoms with Crippen molar-refractivity contribution in [3.63, 3.8) is 0 Å². The van der Waals surface area contributed by atoms with Crippen LogP contribution in [-0.4, -0.2) is 11.7 Å². The fourth-order valence-corrected chi connectivity index (χ4v) is 11.6. The van der Waals surface area contributed by atoms with Gasteiger partial charge in [0, 0.05) is 11.1 Å². The number of hydrogen-bond acceptors (Lipinski definition) is 3. The summed E-state index contributed by atoms with van der Waals surface area (Å²) in [4.78, 5) is 10.5. The van der Waals surface area contributed by atoms with Gasteiger partial charge in [-0.05, 0) is 95.6 Å². The Morgan fingerprint density at radius 3 is 1.29 bits per heavy atom. The zero-order valence-electron chi connectivity index (χ0n) is 37.3. The van der Waals surface area contributed by atoms with E-state index in [9.17, 15) is 0 Å². The molecule has 0 saturated heterocycles. The lowest BCUT2D eigenvalue weighted by molar-refractivity contribution is 0.624. The Balaban J connectivity index is 0.953. The van der Waals surface area contributed by atoms with Gasteiger partial charge in [0.15, 0.2) is 6.17 Å². The molecule has 0 bridgehead atoms. The van der Waals surface area contributed by atoms with Gasteiger partial charge >= 0.3 is 0 Å². The van der Waals surface area contributed by atoms with Crippen molar-refractivity contribution in [1.82, 2.24) is 5.32 Å². The lowest BCUT2D eigenvalue weighted by atomic mass is 9.51. The minimum Gasteiger partial charge on any atom is -0.324 e. The smallest absolute Gasteiger partial charge is 0.169 e. The zero-order valence-corrected chi connectivity index (χ0v) is 37.3. The fourth-order valence-electron chi connectivity index (χ4n) is 11.6. The lowest BCUT2D eigenvalue weighted by Gasteiger charge is -2.50.